The van der Waals surface area contributed by atoms with Crippen molar-refractivity contribution in [2.75, 3.05) is 11.9 Å². The first-order valence-electron chi connectivity index (χ1n) is 6.69. The van der Waals surface area contributed by atoms with Gasteiger partial charge in [-0.1, -0.05) is 23.7 Å². The molecule has 118 valence electrons. The number of esters is 1. The molecule has 0 aliphatic carbocycles. The first-order chi connectivity index (χ1) is 11.0. The van der Waals surface area contributed by atoms with Crippen molar-refractivity contribution in [1.82, 2.24) is 0 Å². The van der Waals surface area contributed by atoms with Crippen molar-refractivity contribution in [3.05, 3.63) is 71.0 Å². The summed E-state index contributed by atoms with van der Waals surface area (Å²) in [5.74, 6) is -1.49. The molecule has 0 aliphatic heterocycles. The van der Waals surface area contributed by atoms with Crippen molar-refractivity contribution >= 4 is 35.2 Å². The van der Waals surface area contributed by atoms with E-state index in [1.807, 2.05) is 0 Å². The lowest BCUT2D eigenvalue weighted by molar-refractivity contribution is -0.142. The Kier molecular flexibility index (Phi) is 5.88. The third-order valence-electron chi connectivity index (χ3n) is 2.76. The normalized spacial score (nSPS) is 10.5. The van der Waals surface area contributed by atoms with Gasteiger partial charge in [-0.2, -0.15) is 0 Å². The fraction of sp³-hybridized carbons (Fsp3) is 0.0588. The Labute approximate surface area is 137 Å². The van der Waals surface area contributed by atoms with E-state index in [2.05, 4.69) is 5.32 Å². The average molecular weight is 334 g/mol. The van der Waals surface area contributed by atoms with Crippen molar-refractivity contribution in [2.24, 2.45) is 0 Å². The van der Waals surface area contributed by atoms with Crippen molar-refractivity contribution in [3.63, 3.8) is 0 Å². The van der Waals surface area contributed by atoms with Gasteiger partial charge < -0.3 is 10.1 Å². The molecule has 23 heavy (non-hydrogen) atoms. The Morgan fingerprint density at radius 2 is 1.74 bits per heavy atom. The lowest BCUT2D eigenvalue weighted by Gasteiger charge is -2.05. The van der Waals surface area contributed by atoms with E-state index in [1.165, 1.54) is 36.4 Å². The molecule has 4 nitrogen and oxygen atoms in total. The molecule has 0 bridgehead atoms. The van der Waals surface area contributed by atoms with Crippen LogP contribution in [0.1, 0.15) is 5.56 Å². The number of halogens is 2. The third-order valence-corrected chi connectivity index (χ3v) is 3.01. The maximum atomic E-state index is 12.7. The second-order valence-electron chi connectivity index (χ2n) is 4.55. The lowest BCUT2D eigenvalue weighted by Crippen LogP contribution is -2.20. The Balaban J connectivity index is 1.78. The molecule has 0 spiro atoms. The minimum absolute atomic E-state index is 0.358. The van der Waals surface area contributed by atoms with Gasteiger partial charge in [0, 0.05) is 16.8 Å². The Morgan fingerprint density at radius 3 is 2.39 bits per heavy atom. The molecule has 0 saturated carbocycles. The minimum atomic E-state index is -0.666. The molecule has 0 aliphatic rings. The number of benzene rings is 2. The van der Waals surface area contributed by atoms with Crippen LogP contribution in [0.3, 0.4) is 0 Å². The first-order valence-corrected chi connectivity index (χ1v) is 7.06. The Hall–Kier alpha value is -2.66. The largest absolute Gasteiger partial charge is 0.452 e. The van der Waals surface area contributed by atoms with Crippen LogP contribution in [0.5, 0.6) is 0 Å². The van der Waals surface area contributed by atoms with Gasteiger partial charge in [0.05, 0.1) is 0 Å². The molecule has 0 aromatic heterocycles. The van der Waals surface area contributed by atoms with Crippen LogP contribution in [0.4, 0.5) is 10.1 Å². The van der Waals surface area contributed by atoms with Crippen LogP contribution in [0.25, 0.3) is 6.08 Å². The average Bonchev–Trinajstić information content (AvgIpc) is 2.54. The fourth-order valence-electron chi connectivity index (χ4n) is 1.65. The Bertz CT molecular complexity index is 712. The molecular formula is C17H13ClFNO3. The number of hydrogen-bond acceptors (Lipinski definition) is 3. The summed E-state index contributed by atoms with van der Waals surface area (Å²) in [5.41, 5.74) is 1.20. The molecule has 0 unspecified atom stereocenters. The van der Waals surface area contributed by atoms with Gasteiger partial charge in [-0.05, 0) is 48.0 Å². The van der Waals surface area contributed by atoms with Gasteiger partial charge in [0.2, 0.25) is 0 Å². The summed E-state index contributed by atoms with van der Waals surface area (Å²) in [6.45, 7) is -0.408. The summed E-state index contributed by atoms with van der Waals surface area (Å²) < 4.78 is 17.5. The predicted octanol–water partition coefficient (Wildman–Crippen LogP) is 3.67. The zero-order valence-electron chi connectivity index (χ0n) is 12.0. The summed E-state index contributed by atoms with van der Waals surface area (Å²) in [7, 11) is 0. The number of rotatable bonds is 5. The number of ether oxygens (including phenoxy) is 1. The van der Waals surface area contributed by atoms with Crippen LogP contribution in [0, 0.1) is 5.82 Å². The summed E-state index contributed by atoms with van der Waals surface area (Å²) in [6, 6.07) is 12.1. The molecule has 0 fully saturated rings. The quantitative estimate of drug-likeness (QED) is 0.671. The number of carbonyl (C=O) groups excluding carboxylic acids is 2. The molecule has 2 aromatic carbocycles. The maximum absolute atomic E-state index is 12.7. The first kappa shape index (κ1) is 16.7. The molecule has 0 atom stereocenters. The van der Waals surface area contributed by atoms with Crippen LogP contribution >= 0.6 is 11.6 Å². The zero-order valence-corrected chi connectivity index (χ0v) is 12.7. The Morgan fingerprint density at radius 1 is 1.09 bits per heavy atom. The van der Waals surface area contributed by atoms with E-state index in [9.17, 15) is 14.0 Å². The second-order valence-corrected chi connectivity index (χ2v) is 4.98. The predicted molar refractivity (Wildman–Crippen MR) is 86.5 cm³/mol. The molecule has 1 amide bonds. The summed E-state index contributed by atoms with van der Waals surface area (Å²) in [5, 5.41) is 3.12. The van der Waals surface area contributed by atoms with Gasteiger partial charge in [-0.25, -0.2) is 9.18 Å². The lowest BCUT2D eigenvalue weighted by atomic mass is 10.2. The molecule has 6 heteroatoms. The maximum Gasteiger partial charge on any atom is 0.331 e. The van der Waals surface area contributed by atoms with Gasteiger partial charge >= 0.3 is 5.97 Å². The minimum Gasteiger partial charge on any atom is -0.452 e. The van der Waals surface area contributed by atoms with Gasteiger partial charge in [-0.15, -0.1) is 0 Å². The molecular weight excluding hydrogens is 321 g/mol. The molecule has 2 rings (SSSR count). The summed E-state index contributed by atoms with van der Waals surface area (Å²) >= 11 is 5.73. The molecule has 1 N–H and O–H groups in total. The van der Waals surface area contributed by atoms with Gasteiger partial charge in [-0.3, -0.25) is 4.79 Å². The molecule has 0 radical (unpaired) electrons. The van der Waals surface area contributed by atoms with Crippen molar-refractivity contribution in [3.8, 4) is 0 Å². The van der Waals surface area contributed by atoms with E-state index in [-0.39, 0.29) is 5.82 Å². The summed E-state index contributed by atoms with van der Waals surface area (Å²) in [6.07, 6.45) is 2.64. The van der Waals surface area contributed by atoms with Crippen LogP contribution in [0.15, 0.2) is 54.6 Å². The van der Waals surface area contributed by atoms with Crippen LogP contribution in [-0.4, -0.2) is 18.5 Å². The third kappa shape index (κ3) is 5.92. The van der Waals surface area contributed by atoms with Crippen molar-refractivity contribution in [1.29, 1.82) is 0 Å². The van der Waals surface area contributed by atoms with Gasteiger partial charge in [0.25, 0.3) is 5.91 Å². The summed E-state index contributed by atoms with van der Waals surface area (Å²) in [4.78, 5) is 23.1. The number of carbonyl (C=O) groups is 2. The molecule has 0 saturated heterocycles. The van der Waals surface area contributed by atoms with E-state index < -0.39 is 18.5 Å². The van der Waals surface area contributed by atoms with E-state index in [0.717, 1.165) is 0 Å². The SMILES string of the molecule is O=C(COC(=O)/C=C/c1ccc(F)cc1)Nc1ccc(Cl)cc1. The fourth-order valence-corrected chi connectivity index (χ4v) is 1.78. The van der Waals surface area contributed by atoms with E-state index in [4.69, 9.17) is 16.3 Å². The number of hydrogen-bond donors (Lipinski definition) is 1. The highest BCUT2D eigenvalue weighted by Crippen LogP contribution is 2.13. The highest BCUT2D eigenvalue weighted by molar-refractivity contribution is 6.30. The second kappa shape index (κ2) is 8.10. The van der Waals surface area contributed by atoms with Crippen LogP contribution in [0.2, 0.25) is 5.02 Å². The smallest absolute Gasteiger partial charge is 0.331 e. The van der Waals surface area contributed by atoms with Crippen molar-refractivity contribution < 1.29 is 18.7 Å². The standard InChI is InChI=1S/C17H13ClFNO3/c18-13-4-8-15(9-5-13)20-16(21)11-23-17(22)10-3-12-1-6-14(19)7-2-12/h1-10H,11H2,(H,20,21)/b10-3+. The number of nitrogens with one attached hydrogen (secondary N) is 1. The van der Waals surface area contributed by atoms with E-state index in [0.29, 0.717) is 16.3 Å². The van der Waals surface area contributed by atoms with E-state index >= 15 is 0 Å². The van der Waals surface area contributed by atoms with E-state index in [1.54, 1.807) is 24.3 Å². The zero-order chi connectivity index (χ0) is 16.7. The van der Waals surface area contributed by atoms with Gasteiger partial charge in [0.15, 0.2) is 6.61 Å². The van der Waals surface area contributed by atoms with Crippen LogP contribution in [-0.2, 0) is 14.3 Å². The molecule has 0 heterocycles. The monoisotopic (exact) mass is 333 g/mol. The van der Waals surface area contributed by atoms with Crippen molar-refractivity contribution in [2.45, 2.75) is 0 Å². The topological polar surface area (TPSA) is 55.4 Å². The highest BCUT2D eigenvalue weighted by atomic mass is 35.5. The van der Waals surface area contributed by atoms with Gasteiger partial charge in [0.1, 0.15) is 5.82 Å². The highest BCUT2D eigenvalue weighted by Gasteiger charge is 2.05. The number of anilines is 1. The number of amides is 1. The van der Waals surface area contributed by atoms with Crippen LogP contribution < -0.4 is 5.32 Å². The molecule has 2 aromatic rings.